The van der Waals surface area contributed by atoms with Crippen molar-refractivity contribution < 1.29 is 19.5 Å². The molecule has 0 aromatic heterocycles. The van der Waals surface area contributed by atoms with Crippen LogP contribution in [0.3, 0.4) is 0 Å². The molecular weight excluding hydrogens is 474 g/mol. The van der Waals surface area contributed by atoms with Crippen molar-refractivity contribution in [2.75, 3.05) is 23.3 Å². The number of nitrogens with zero attached hydrogens (tertiary/aromatic N) is 1. The molecule has 1 heterocycles. The third kappa shape index (κ3) is 6.66. The minimum Gasteiger partial charge on any atom is -0.481 e. The highest BCUT2D eigenvalue weighted by atomic mass is 32.2. The average Bonchev–Trinajstić information content (AvgIpc) is 2.88. The molecule has 3 aromatic rings. The molecule has 4 rings (SSSR count). The summed E-state index contributed by atoms with van der Waals surface area (Å²) in [7, 11) is 0. The zero-order chi connectivity index (χ0) is 25.5. The summed E-state index contributed by atoms with van der Waals surface area (Å²) in [5, 5.41) is 11.8. The summed E-state index contributed by atoms with van der Waals surface area (Å²) in [6, 6.07) is 20.2. The van der Waals surface area contributed by atoms with Gasteiger partial charge in [-0.3, -0.25) is 14.4 Å². The minimum absolute atomic E-state index is 0.0175. The van der Waals surface area contributed by atoms with Crippen LogP contribution in [0.4, 0.5) is 11.4 Å². The highest BCUT2D eigenvalue weighted by molar-refractivity contribution is 7.98. The second-order valence-electron chi connectivity index (χ2n) is 8.80. The Balaban J connectivity index is 1.44. The quantitative estimate of drug-likeness (QED) is 0.356. The van der Waals surface area contributed by atoms with E-state index >= 15 is 0 Å². The molecule has 1 aliphatic heterocycles. The van der Waals surface area contributed by atoms with E-state index in [2.05, 4.69) is 10.2 Å². The summed E-state index contributed by atoms with van der Waals surface area (Å²) in [6.45, 7) is 1.89. The molecule has 36 heavy (non-hydrogen) atoms. The lowest BCUT2D eigenvalue weighted by Gasteiger charge is -2.29. The van der Waals surface area contributed by atoms with Crippen molar-refractivity contribution >= 4 is 40.9 Å². The highest BCUT2D eigenvalue weighted by Gasteiger charge is 2.17. The normalized spacial score (nSPS) is 13.3. The number of carboxylic acid groups (broad SMARTS) is 1. The lowest BCUT2D eigenvalue weighted by Crippen LogP contribution is -2.29. The van der Waals surface area contributed by atoms with Crippen LogP contribution < -0.4 is 16.0 Å². The molecule has 0 atom stereocenters. The van der Waals surface area contributed by atoms with Gasteiger partial charge < -0.3 is 21.1 Å². The van der Waals surface area contributed by atoms with Gasteiger partial charge in [0.2, 0.25) is 0 Å². The van der Waals surface area contributed by atoms with Crippen molar-refractivity contribution in [2.45, 2.75) is 36.3 Å². The number of primary amides is 1. The Morgan fingerprint density at radius 2 is 1.67 bits per heavy atom. The maximum Gasteiger partial charge on any atom is 0.307 e. The van der Waals surface area contributed by atoms with E-state index in [1.165, 1.54) is 6.42 Å². The smallest absolute Gasteiger partial charge is 0.307 e. The van der Waals surface area contributed by atoms with Crippen LogP contribution >= 0.6 is 11.8 Å². The first-order valence-electron chi connectivity index (χ1n) is 11.9. The lowest BCUT2D eigenvalue weighted by molar-refractivity contribution is -0.136. The van der Waals surface area contributed by atoms with E-state index in [-0.39, 0.29) is 12.3 Å². The van der Waals surface area contributed by atoms with Crippen LogP contribution in [0.25, 0.3) is 0 Å². The third-order valence-electron chi connectivity index (χ3n) is 6.09. The number of carbonyl (C=O) groups is 3. The van der Waals surface area contributed by atoms with E-state index in [0.717, 1.165) is 47.6 Å². The summed E-state index contributed by atoms with van der Waals surface area (Å²) in [5.74, 6) is -1.15. The van der Waals surface area contributed by atoms with E-state index in [1.54, 1.807) is 36.0 Å². The number of nitrogens with two attached hydrogens (primary N) is 1. The number of nitrogens with one attached hydrogen (secondary N) is 1. The van der Waals surface area contributed by atoms with Gasteiger partial charge in [0.25, 0.3) is 11.8 Å². The predicted octanol–water partition coefficient (Wildman–Crippen LogP) is 4.95. The number of aliphatic carboxylic acids is 1. The van der Waals surface area contributed by atoms with Crippen LogP contribution in [0.2, 0.25) is 0 Å². The second-order valence-corrected chi connectivity index (χ2v) is 9.85. The summed E-state index contributed by atoms with van der Waals surface area (Å²) in [6.07, 6.45) is 3.43. The van der Waals surface area contributed by atoms with Crippen LogP contribution in [-0.2, 0) is 17.0 Å². The molecule has 7 nitrogen and oxygen atoms in total. The predicted molar refractivity (Wildman–Crippen MR) is 143 cm³/mol. The first-order chi connectivity index (χ1) is 17.4. The van der Waals surface area contributed by atoms with E-state index in [1.807, 2.05) is 42.5 Å². The van der Waals surface area contributed by atoms with Crippen molar-refractivity contribution in [3.8, 4) is 0 Å². The van der Waals surface area contributed by atoms with Gasteiger partial charge >= 0.3 is 5.97 Å². The second kappa shape index (κ2) is 11.8. The molecule has 0 saturated carbocycles. The maximum atomic E-state index is 13.0. The van der Waals surface area contributed by atoms with Gasteiger partial charge in [0.05, 0.1) is 17.7 Å². The van der Waals surface area contributed by atoms with Crippen LogP contribution in [0.5, 0.6) is 0 Å². The fraction of sp³-hybridized carbons (Fsp3) is 0.250. The Labute approximate surface area is 214 Å². The molecule has 0 radical (unpaired) electrons. The number of carboxylic acids is 1. The van der Waals surface area contributed by atoms with Gasteiger partial charge in [-0.1, -0.05) is 24.3 Å². The van der Waals surface area contributed by atoms with Crippen molar-refractivity contribution in [3.05, 3.63) is 89.0 Å². The molecule has 2 amide bonds. The first-order valence-corrected chi connectivity index (χ1v) is 12.9. The molecule has 4 N–H and O–H groups in total. The first kappa shape index (κ1) is 25.3. The number of anilines is 2. The Hall–Kier alpha value is -3.78. The van der Waals surface area contributed by atoms with Gasteiger partial charge in [-0.2, -0.15) is 0 Å². The Kier molecular flexibility index (Phi) is 8.28. The van der Waals surface area contributed by atoms with Crippen molar-refractivity contribution in [1.29, 1.82) is 0 Å². The van der Waals surface area contributed by atoms with Crippen molar-refractivity contribution in [2.24, 2.45) is 5.73 Å². The molecule has 1 saturated heterocycles. The topological polar surface area (TPSA) is 113 Å². The van der Waals surface area contributed by atoms with Gasteiger partial charge in [-0.05, 0) is 72.9 Å². The van der Waals surface area contributed by atoms with Gasteiger partial charge in [0.15, 0.2) is 0 Å². The lowest BCUT2D eigenvalue weighted by atomic mass is 10.1. The van der Waals surface area contributed by atoms with Crippen LogP contribution in [-0.4, -0.2) is 36.0 Å². The van der Waals surface area contributed by atoms with Crippen LogP contribution in [0.15, 0.2) is 71.6 Å². The number of benzene rings is 3. The summed E-state index contributed by atoms with van der Waals surface area (Å²) >= 11 is 1.57. The van der Waals surface area contributed by atoms with Crippen LogP contribution in [0, 0.1) is 0 Å². The van der Waals surface area contributed by atoms with E-state index in [0.29, 0.717) is 22.6 Å². The number of thioether (sulfide) groups is 1. The molecule has 1 aliphatic rings. The number of amides is 2. The molecule has 186 valence electrons. The Morgan fingerprint density at radius 1 is 0.917 bits per heavy atom. The zero-order valence-corrected chi connectivity index (χ0v) is 20.7. The summed E-state index contributed by atoms with van der Waals surface area (Å²) < 4.78 is 0. The summed E-state index contributed by atoms with van der Waals surface area (Å²) in [4.78, 5) is 39.3. The molecule has 0 spiro atoms. The van der Waals surface area contributed by atoms with Gasteiger partial charge in [-0.15, -0.1) is 11.8 Å². The van der Waals surface area contributed by atoms with E-state index in [9.17, 15) is 14.4 Å². The minimum atomic E-state index is -0.864. The largest absolute Gasteiger partial charge is 0.481 e. The maximum absolute atomic E-state index is 13.0. The number of piperidine rings is 1. The standard InChI is InChI=1S/C28H29N3O4S/c29-27(34)24-17-22(31-12-2-1-3-13-31)10-11-25(24)30-28(35)21-8-4-7-20(14-21)18-36-23-9-5-6-19(15-23)16-26(32)33/h4-11,14-15,17H,1-3,12-13,16,18H2,(H2,29,34)(H,30,35)(H,32,33). The zero-order valence-electron chi connectivity index (χ0n) is 19.9. The molecule has 0 bridgehead atoms. The highest BCUT2D eigenvalue weighted by Crippen LogP contribution is 2.27. The van der Waals surface area contributed by atoms with Crippen LogP contribution in [0.1, 0.15) is 51.1 Å². The fourth-order valence-electron chi connectivity index (χ4n) is 4.28. The molecule has 3 aromatic carbocycles. The molecular formula is C28H29N3O4S. The summed E-state index contributed by atoms with van der Waals surface area (Å²) in [5.41, 5.74) is 9.43. The fourth-order valence-corrected chi connectivity index (χ4v) is 5.20. The average molecular weight is 504 g/mol. The van der Waals surface area contributed by atoms with Gasteiger partial charge in [0.1, 0.15) is 0 Å². The SMILES string of the molecule is NC(=O)c1cc(N2CCCCC2)ccc1NC(=O)c1cccc(CSc2cccc(CC(=O)O)c2)c1. The number of hydrogen-bond donors (Lipinski definition) is 3. The number of carbonyl (C=O) groups excluding carboxylic acids is 2. The molecule has 0 unspecified atom stereocenters. The molecule has 0 aliphatic carbocycles. The third-order valence-corrected chi connectivity index (χ3v) is 7.15. The van der Waals surface area contributed by atoms with E-state index < -0.39 is 11.9 Å². The van der Waals surface area contributed by atoms with Gasteiger partial charge in [0, 0.05) is 35.0 Å². The van der Waals surface area contributed by atoms with Crippen molar-refractivity contribution in [1.82, 2.24) is 0 Å². The van der Waals surface area contributed by atoms with Gasteiger partial charge in [-0.25, -0.2) is 0 Å². The number of hydrogen-bond acceptors (Lipinski definition) is 5. The molecule has 8 heteroatoms. The Morgan fingerprint density at radius 3 is 2.42 bits per heavy atom. The monoisotopic (exact) mass is 503 g/mol. The van der Waals surface area contributed by atoms with Crippen molar-refractivity contribution in [3.63, 3.8) is 0 Å². The molecule has 1 fully saturated rings. The number of rotatable bonds is 9. The Bertz CT molecular complexity index is 1270. The van der Waals surface area contributed by atoms with E-state index in [4.69, 9.17) is 10.8 Å².